The van der Waals surface area contributed by atoms with E-state index >= 15 is 0 Å². The van der Waals surface area contributed by atoms with Gasteiger partial charge in [-0.25, -0.2) is 0 Å². The van der Waals surface area contributed by atoms with Crippen LogP contribution in [-0.4, -0.2) is 43.9 Å². The normalized spacial score (nSPS) is 18.6. The molecule has 20 heavy (non-hydrogen) atoms. The van der Waals surface area contributed by atoms with Crippen molar-refractivity contribution in [1.82, 2.24) is 4.90 Å². The first-order chi connectivity index (χ1) is 9.67. The van der Waals surface area contributed by atoms with E-state index in [9.17, 15) is 5.26 Å². The lowest BCUT2D eigenvalue weighted by atomic mass is 10.1. The van der Waals surface area contributed by atoms with Crippen molar-refractivity contribution in [3.8, 4) is 6.07 Å². The van der Waals surface area contributed by atoms with E-state index in [1.54, 1.807) is 11.8 Å². The molecule has 1 aromatic rings. The van der Waals surface area contributed by atoms with Gasteiger partial charge in [0.25, 0.3) is 0 Å². The van der Waals surface area contributed by atoms with Crippen molar-refractivity contribution in [3.05, 3.63) is 23.8 Å². The minimum absolute atomic E-state index is 0.527. The van der Waals surface area contributed by atoms with Crippen LogP contribution in [0.25, 0.3) is 0 Å². The van der Waals surface area contributed by atoms with Gasteiger partial charge in [-0.1, -0.05) is 13.0 Å². The molecular formula is C16H23N3S. The molecular weight excluding hydrogens is 266 g/mol. The number of nitrogens with zero attached hydrogens (tertiary/aromatic N) is 3. The van der Waals surface area contributed by atoms with E-state index in [-0.39, 0.29) is 0 Å². The Hall–Kier alpha value is -1.18. The van der Waals surface area contributed by atoms with E-state index in [0.29, 0.717) is 6.04 Å². The van der Waals surface area contributed by atoms with Gasteiger partial charge in [0.1, 0.15) is 6.07 Å². The second-order valence-electron chi connectivity index (χ2n) is 5.45. The van der Waals surface area contributed by atoms with Gasteiger partial charge in [-0.15, -0.1) is 11.8 Å². The third kappa shape index (κ3) is 3.28. The SMILES string of the molecule is CCSc1cccc(N2CCCC2CN(C)C)c1C#N. The molecule has 1 aliphatic rings. The van der Waals surface area contributed by atoms with Crippen LogP contribution in [0.5, 0.6) is 0 Å². The maximum Gasteiger partial charge on any atom is 0.103 e. The van der Waals surface area contributed by atoms with Crippen molar-refractivity contribution in [1.29, 1.82) is 5.26 Å². The maximum atomic E-state index is 9.55. The summed E-state index contributed by atoms with van der Waals surface area (Å²) < 4.78 is 0. The van der Waals surface area contributed by atoms with Crippen LogP contribution < -0.4 is 4.90 Å². The highest BCUT2D eigenvalue weighted by Gasteiger charge is 2.27. The lowest BCUT2D eigenvalue weighted by Gasteiger charge is -2.30. The topological polar surface area (TPSA) is 30.3 Å². The summed E-state index contributed by atoms with van der Waals surface area (Å²) in [5.41, 5.74) is 1.97. The molecule has 0 amide bonds. The molecule has 0 saturated carbocycles. The van der Waals surface area contributed by atoms with Crippen molar-refractivity contribution in [2.75, 3.05) is 37.8 Å². The molecule has 1 unspecified atom stereocenters. The minimum Gasteiger partial charge on any atom is -0.366 e. The number of thioether (sulfide) groups is 1. The monoisotopic (exact) mass is 289 g/mol. The van der Waals surface area contributed by atoms with Crippen molar-refractivity contribution in [2.45, 2.75) is 30.7 Å². The van der Waals surface area contributed by atoms with Crippen LogP contribution in [0.2, 0.25) is 0 Å². The summed E-state index contributed by atoms with van der Waals surface area (Å²) in [5, 5.41) is 9.55. The Kier molecular flexibility index (Phi) is 5.33. The van der Waals surface area contributed by atoms with Gasteiger partial charge in [-0.2, -0.15) is 5.26 Å². The first kappa shape index (κ1) is 15.2. The van der Waals surface area contributed by atoms with Gasteiger partial charge in [-0.05, 0) is 44.8 Å². The fourth-order valence-corrected chi connectivity index (χ4v) is 3.69. The summed E-state index contributed by atoms with van der Waals surface area (Å²) >= 11 is 1.75. The number of anilines is 1. The van der Waals surface area contributed by atoms with Crippen LogP contribution in [-0.2, 0) is 0 Å². The molecule has 3 nitrogen and oxygen atoms in total. The summed E-state index contributed by atoms with van der Waals surface area (Å²) in [5.74, 6) is 0.999. The smallest absolute Gasteiger partial charge is 0.103 e. The minimum atomic E-state index is 0.527. The first-order valence-electron chi connectivity index (χ1n) is 7.24. The van der Waals surface area contributed by atoms with E-state index in [4.69, 9.17) is 0 Å². The van der Waals surface area contributed by atoms with Gasteiger partial charge in [0.15, 0.2) is 0 Å². The molecule has 0 aliphatic carbocycles. The van der Waals surface area contributed by atoms with Gasteiger partial charge in [0.05, 0.1) is 11.3 Å². The van der Waals surface area contributed by atoms with E-state index in [2.05, 4.69) is 55.1 Å². The highest BCUT2D eigenvalue weighted by molar-refractivity contribution is 7.99. The second-order valence-corrected chi connectivity index (χ2v) is 6.75. The number of rotatable bonds is 5. The van der Waals surface area contributed by atoms with E-state index < -0.39 is 0 Å². The van der Waals surface area contributed by atoms with Crippen molar-refractivity contribution >= 4 is 17.4 Å². The predicted octanol–water partition coefficient (Wildman–Crippen LogP) is 3.20. The fraction of sp³-hybridized carbons (Fsp3) is 0.562. The molecule has 2 rings (SSSR count). The van der Waals surface area contributed by atoms with E-state index in [1.807, 2.05) is 0 Å². The molecule has 108 valence electrons. The molecule has 0 spiro atoms. The van der Waals surface area contributed by atoms with Crippen LogP contribution in [0.1, 0.15) is 25.3 Å². The van der Waals surface area contributed by atoms with Crippen LogP contribution in [0.3, 0.4) is 0 Å². The third-order valence-electron chi connectivity index (χ3n) is 3.68. The zero-order valence-corrected chi connectivity index (χ0v) is 13.4. The van der Waals surface area contributed by atoms with Crippen LogP contribution in [0, 0.1) is 11.3 Å². The molecule has 0 radical (unpaired) electrons. The van der Waals surface area contributed by atoms with Gasteiger partial charge in [0, 0.05) is 24.0 Å². The Balaban J connectivity index is 2.32. The zero-order valence-electron chi connectivity index (χ0n) is 12.6. The van der Waals surface area contributed by atoms with Crippen LogP contribution >= 0.6 is 11.8 Å². The summed E-state index contributed by atoms with van der Waals surface area (Å²) in [6.07, 6.45) is 2.43. The predicted molar refractivity (Wildman–Crippen MR) is 86.5 cm³/mol. The Morgan fingerprint density at radius 3 is 2.90 bits per heavy atom. The molecule has 1 atom stereocenters. The van der Waals surface area contributed by atoms with Crippen LogP contribution in [0.4, 0.5) is 5.69 Å². The van der Waals surface area contributed by atoms with Gasteiger partial charge >= 0.3 is 0 Å². The molecule has 1 aliphatic heterocycles. The van der Waals surface area contributed by atoms with Crippen molar-refractivity contribution in [2.24, 2.45) is 0 Å². The Morgan fingerprint density at radius 2 is 2.25 bits per heavy atom. The number of likely N-dealkylation sites (N-methyl/N-ethyl adjacent to an activating group) is 1. The fourth-order valence-electron chi connectivity index (χ4n) is 2.91. The summed E-state index contributed by atoms with van der Waals surface area (Å²) in [6, 6.07) is 9.20. The van der Waals surface area contributed by atoms with Gasteiger partial charge in [0.2, 0.25) is 0 Å². The largest absolute Gasteiger partial charge is 0.366 e. The highest BCUT2D eigenvalue weighted by atomic mass is 32.2. The average Bonchev–Trinajstić information content (AvgIpc) is 2.86. The summed E-state index contributed by atoms with van der Waals surface area (Å²) in [6.45, 7) is 4.24. The molecule has 1 aromatic carbocycles. The maximum absolute atomic E-state index is 9.55. The molecule has 0 bridgehead atoms. The van der Waals surface area contributed by atoms with Crippen molar-refractivity contribution in [3.63, 3.8) is 0 Å². The number of benzene rings is 1. The highest BCUT2D eigenvalue weighted by Crippen LogP contribution is 2.34. The quantitative estimate of drug-likeness (QED) is 0.779. The molecule has 0 N–H and O–H groups in total. The number of hydrogen-bond acceptors (Lipinski definition) is 4. The van der Waals surface area contributed by atoms with E-state index in [1.165, 1.54) is 12.8 Å². The average molecular weight is 289 g/mol. The zero-order chi connectivity index (χ0) is 14.5. The standard InChI is InChI=1S/C16H23N3S/c1-4-20-16-9-5-8-15(14(16)11-17)19-10-6-7-13(19)12-18(2)3/h5,8-9,13H,4,6-7,10,12H2,1-3H3. The second kappa shape index (κ2) is 7.01. The van der Waals surface area contributed by atoms with Crippen LogP contribution in [0.15, 0.2) is 23.1 Å². The lowest BCUT2D eigenvalue weighted by Crippen LogP contribution is -2.37. The van der Waals surface area contributed by atoms with Crippen molar-refractivity contribution < 1.29 is 0 Å². The van der Waals surface area contributed by atoms with E-state index in [0.717, 1.165) is 35.0 Å². The molecule has 0 aromatic heterocycles. The summed E-state index contributed by atoms with van der Waals surface area (Å²) in [4.78, 5) is 5.78. The Bertz CT molecular complexity index is 493. The Morgan fingerprint density at radius 1 is 1.45 bits per heavy atom. The number of nitriles is 1. The molecule has 1 saturated heterocycles. The Labute approximate surface area is 126 Å². The molecule has 4 heteroatoms. The first-order valence-corrected chi connectivity index (χ1v) is 8.23. The third-order valence-corrected chi connectivity index (χ3v) is 4.62. The molecule has 1 heterocycles. The van der Waals surface area contributed by atoms with Gasteiger partial charge < -0.3 is 9.80 Å². The number of hydrogen-bond donors (Lipinski definition) is 0. The van der Waals surface area contributed by atoms with Gasteiger partial charge in [-0.3, -0.25) is 0 Å². The molecule has 1 fully saturated rings. The lowest BCUT2D eigenvalue weighted by molar-refractivity contribution is 0.372. The summed E-state index contributed by atoms with van der Waals surface area (Å²) in [7, 11) is 4.23.